The van der Waals surface area contributed by atoms with Gasteiger partial charge in [-0.2, -0.15) is 0 Å². The minimum atomic E-state index is -3.63. The lowest BCUT2D eigenvalue weighted by Gasteiger charge is -2.11. The Balaban J connectivity index is 1.83. The third kappa shape index (κ3) is 2.50. The molecule has 1 aliphatic heterocycles. The molecule has 0 aliphatic carbocycles. The zero-order valence-electron chi connectivity index (χ0n) is 11.7. The van der Waals surface area contributed by atoms with Gasteiger partial charge in [0, 0.05) is 12.3 Å². The zero-order valence-corrected chi connectivity index (χ0v) is 12.5. The summed E-state index contributed by atoms with van der Waals surface area (Å²) in [6, 6.07) is 6.97. The third-order valence-electron chi connectivity index (χ3n) is 3.11. The van der Waals surface area contributed by atoms with Crippen LogP contribution in [0.5, 0.6) is 0 Å². The van der Waals surface area contributed by atoms with Gasteiger partial charge in [-0.05, 0) is 12.1 Å². The fourth-order valence-corrected chi connectivity index (χ4v) is 2.57. The summed E-state index contributed by atoms with van der Waals surface area (Å²) in [5.74, 6) is -2.63. The van der Waals surface area contributed by atoms with Crippen molar-refractivity contribution in [3.8, 4) is 0 Å². The van der Waals surface area contributed by atoms with E-state index in [-0.39, 0.29) is 16.7 Å². The summed E-state index contributed by atoms with van der Waals surface area (Å²) in [5, 5.41) is -0.0908. The normalized spacial score (nSPS) is 14.0. The van der Waals surface area contributed by atoms with Crippen LogP contribution in [0.3, 0.4) is 0 Å². The topological polar surface area (TPSA) is 111 Å². The first-order valence-corrected chi connectivity index (χ1v) is 8.17. The Morgan fingerprint density at radius 1 is 1.13 bits per heavy atom. The Morgan fingerprint density at radius 3 is 2.17 bits per heavy atom. The summed E-state index contributed by atoms with van der Waals surface area (Å²) in [7, 11) is -3.63. The Labute approximate surface area is 130 Å². The highest BCUT2D eigenvalue weighted by atomic mass is 32.2. The second-order valence-corrected chi connectivity index (χ2v) is 6.70. The molecule has 0 saturated heterocycles. The molecule has 0 spiro atoms. The monoisotopic (exact) mass is 335 g/mol. The van der Waals surface area contributed by atoms with Crippen LogP contribution in [-0.4, -0.2) is 37.5 Å². The van der Waals surface area contributed by atoms with Crippen LogP contribution >= 0.6 is 0 Å². The molecule has 0 saturated carbocycles. The highest BCUT2D eigenvalue weighted by Gasteiger charge is 2.39. The van der Waals surface area contributed by atoms with Crippen molar-refractivity contribution in [3.05, 3.63) is 53.3 Å². The van der Waals surface area contributed by atoms with Crippen molar-refractivity contribution >= 4 is 27.6 Å². The predicted molar refractivity (Wildman–Crippen MR) is 74.2 cm³/mol. The number of nitrogens with zero attached hydrogens (tertiary/aromatic N) is 1. The van der Waals surface area contributed by atoms with Crippen LogP contribution < -0.4 is 0 Å². The summed E-state index contributed by atoms with van der Waals surface area (Å²) in [4.78, 5) is 40.8. The second-order valence-electron chi connectivity index (χ2n) is 4.76. The Bertz CT molecular complexity index is 907. The van der Waals surface area contributed by atoms with E-state index in [1.807, 2.05) is 0 Å². The predicted octanol–water partition coefficient (Wildman–Crippen LogP) is 1.05. The van der Waals surface area contributed by atoms with Crippen LogP contribution in [0.1, 0.15) is 31.1 Å². The van der Waals surface area contributed by atoms with Crippen LogP contribution in [0, 0.1) is 0 Å². The van der Waals surface area contributed by atoms with Crippen LogP contribution in [0.15, 0.2) is 46.1 Å². The van der Waals surface area contributed by atoms with E-state index < -0.39 is 32.7 Å². The number of hydrogen-bond acceptors (Lipinski definition) is 7. The molecule has 2 amide bonds. The fraction of sp³-hybridized carbons (Fsp3) is 0.0714. The summed E-state index contributed by atoms with van der Waals surface area (Å²) in [6.45, 7) is 0. The molecule has 118 valence electrons. The van der Waals surface area contributed by atoms with Gasteiger partial charge < -0.3 is 9.25 Å². The minimum absolute atomic E-state index is 0.120. The number of amides is 2. The standard InChI is InChI=1S/C14H9NO7S/c1-23(19,20)11-6-8(7-21-11)14(18)22-15-12(16)9-4-2-3-5-10(9)13(15)17/h2-7H,1H3. The summed E-state index contributed by atoms with van der Waals surface area (Å²) in [5.41, 5.74) is 0.00520. The molecule has 1 aromatic carbocycles. The molecule has 0 N–H and O–H groups in total. The zero-order chi connectivity index (χ0) is 16.8. The molecule has 9 heteroatoms. The highest BCUT2D eigenvalue weighted by molar-refractivity contribution is 7.90. The summed E-state index contributed by atoms with van der Waals surface area (Å²) in [6.07, 6.45) is 1.78. The van der Waals surface area contributed by atoms with Crippen LogP contribution in [0.4, 0.5) is 0 Å². The van der Waals surface area contributed by atoms with Crippen molar-refractivity contribution in [1.82, 2.24) is 5.06 Å². The summed E-state index contributed by atoms with van der Waals surface area (Å²) >= 11 is 0. The first-order chi connectivity index (χ1) is 10.8. The van der Waals surface area contributed by atoms with Gasteiger partial charge in [0.1, 0.15) is 11.8 Å². The largest absolute Gasteiger partial charge is 0.452 e. The lowest BCUT2D eigenvalue weighted by atomic mass is 10.1. The van der Waals surface area contributed by atoms with Gasteiger partial charge in [0.2, 0.25) is 14.9 Å². The van der Waals surface area contributed by atoms with E-state index in [1.54, 1.807) is 12.1 Å². The molecule has 3 rings (SSSR count). The smallest absolute Gasteiger partial charge is 0.367 e. The third-order valence-corrected chi connectivity index (χ3v) is 4.05. The lowest BCUT2D eigenvalue weighted by molar-refractivity contribution is -0.0585. The van der Waals surface area contributed by atoms with Gasteiger partial charge in [0.05, 0.1) is 11.1 Å². The van der Waals surface area contributed by atoms with Gasteiger partial charge in [-0.15, -0.1) is 0 Å². The van der Waals surface area contributed by atoms with E-state index in [1.165, 1.54) is 12.1 Å². The number of benzene rings is 1. The van der Waals surface area contributed by atoms with Crippen LogP contribution in [0.2, 0.25) is 0 Å². The average Bonchev–Trinajstić information content (AvgIpc) is 3.08. The van der Waals surface area contributed by atoms with E-state index in [0.717, 1.165) is 18.6 Å². The second kappa shape index (κ2) is 5.06. The van der Waals surface area contributed by atoms with E-state index in [9.17, 15) is 22.8 Å². The van der Waals surface area contributed by atoms with E-state index >= 15 is 0 Å². The highest BCUT2D eigenvalue weighted by Crippen LogP contribution is 2.24. The first kappa shape index (κ1) is 15.0. The SMILES string of the molecule is CS(=O)(=O)c1cc(C(=O)ON2C(=O)c3ccccc3C2=O)co1. The number of sulfone groups is 1. The number of carbonyl (C=O) groups excluding carboxylic acids is 3. The van der Waals surface area contributed by atoms with Crippen molar-refractivity contribution in [3.63, 3.8) is 0 Å². The van der Waals surface area contributed by atoms with Crippen molar-refractivity contribution in [2.24, 2.45) is 0 Å². The van der Waals surface area contributed by atoms with Crippen LogP contribution in [0.25, 0.3) is 0 Å². The van der Waals surface area contributed by atoms with E-state index in [2.05, 4.69) is 0 Å². The quantitative estimate of drug-likeness (QED) is 0.771. The lowest BCUT2D eigenvalue weighted by Crippen LogP contribution is -2.32. The number of hydrogen-bond donors (Lipinski definition) is 0. The number of rotatable bonds is 3. The Hall–Kier alpha value is -2.94. The summed E-state index contributed by atoms with van der Waals surface area (Å²) < 4.78 is 27.4. The van der Waals surface area contributed by atoms with Gasteiger partial charge in [-0.3, -0.25) is 9.59 Å². The Kier molecular flexibility index (Phi) is 3.29. The van der Waals surface area contributed by atoms with Crippen LogP contribution in [-0.2, 0) is 14.7 Å². The van der Waals surface area contributed by atoms with Crippen molar-refractivity contribution in [1.29, 1.82) is 0 Å². The molecule has 0 atom stereocenters. The van der Waals surface area contributed by atoms with E-state index in [4.69, 9.17) is 9.25 Å². The number of furan rings is 1. The van der Waals surface area contributed by atoms with Gasteiger partial charge in [0.25, 0.3) is 11.8 Å². The molecule has 8 nitrogen and oxygen atoms in total. The first-order valence-electron chi connectivity index (χ1n) is 6.28. The number of carbonyl (C=O) groups is 3. The molecular weight excluding hydrogens is 326 g/mol. The molecule has 0 bridgehead atoms. The van der Waals surface area contributed by atoms with Gasteiger partial charge in [-0.25, -0.2) is 13.2 Å². The molecular formula is C14H9NO7S. The molecule has 1 aliphatic rings. The van der Waals surface area contributed by atoms with Crippen molar-refractivity contribution in [2.45, 2.75) is 5.09 Å². The maximum atomic E-state index is 12.0. The van der Waals surface area contributed by atoms with Crippen molar-refractivity contribution < 1.29 is 32.1 Å². The molecule has 2 aromatic rings. The Morgan fingerprint density at radius 2 is 1.70 bits per heavy atom. The van der Waals surface area contributed by atoms with E-state index in [0.29, 0.717) is 5.06 Å². The molecule has 1 aromatic heterocycles. The maximum absolute atomic E-state index is 12.0. The minimum Gasteiger partial charge on any atom is -0.452 e. The molecule has 0 radical (unpaired) electrons. The molecule has 2 heterocycles. The average molecular weight is 335 g/mol. The van der Waals surface area contributed by atoms with Gasteiger partial charge in [-0.1, -0.05) is 17.2 Å². The number of hydroxylamine groups is 2. The fourth-order valence-electron chi connectivity index (χ4n) is 2.00. The maximum Gasteiger partial charge on any atom is 0.367 e. The van der Waals surface area contributed by atoms with Gasteiger partial charge >= 0.3 is 5.97 Å². The number of imide groups is 1. The molecule has 0 unspecified atom stereocenters. The molecule has 23 heavy (non-hydrogen) atoms. The van der Waals surface area contributed by atoms with Crippen molar-refractivity contribution in [2.75, 3.05) is 6.26 Å². The number of fused-ring (bicyclic) bond motifs is 1. The van der Waals surface area contributed by atoms with Gasteiger partial charge in [0.15, 0.2) is 0 Å². The molecule has 0 fully saturated rings.